The van der Waals surface area contributed by atoms with Crippen molar-refractivity contribution in [2.75, 3.05) is 44.2 Å². The molecule has 0 aliphatic carbocycles. The Balaban J connectivity index is 1.16. The number of aliphatic hydroxyl groups is 1. The predicted octanol–water partition coefficient (Wildman–Crippen LogP) is 5.94. The summed E-state index contributed by atoms with van der Waals surface area (Å²) in [6, 6.07) is 30.8. The van der Waals surface area contributed by atoms with E-state index < -0.39 is 6.29 Å². The van der Waals surface area contributed by atoms with E-state index in [2.05, 4.69) is 44.7 Å². The highest BCUT2D eigenvalue weighted by molar-refractivity contribution is 5.74. The normalized spacial score (nSPS) is 19.7. The lowest BCUT2D eigenvalue weighted by Gasteiger charge is -2.41. The molecule has 11 heteroatoms. The molecule has 2 heterocycles. The van der Waals surface area contributed by atoms with Crippen LogP contribution in [-0.2, 0) is 22.6 Å². The second-order valence-electron chi connectivity index (χ2n) is 12.5. The minimum absolute atomic E-state index is 0.0119. The fraction of sp³-hybridized carbons (Fsp3) is 0.342. The zero-order valence-electron chi connectivity index (χ0n) is 27.7. The van der Waals surface area contributed by atoms with Gasteiger partial charge in [-0.25, -0.2) is 4.79 Å². The van der Waals surface area contributed by atoms with Crippen molar-refractivity contribution in [3.8, 4) is 11.1 Å². The molecule has 0 aromatic heterocycles. The molecule has 3 atom stereocenters. The summed E-state index contributed by atoms with van der Waals surface area (Å²) in [4.78, 5) is 27.3. The van der Waals surface area contributed by atoms with Crippen LogP contribution in [0.1, 0.15) is 48.0 Å². The zero-order chi connectivity index (χ0) is 34.2. The van der Waals surface area contributed by atoms with E-state index in [1.165, 1.54) is 0 Å². The van der Waals surface area contributed by atoms with E-state index in [1.807, 2.05) is 67.6 Å². The summed E-state index contributed by atoms with van der Waals surface area (Å²) in [7, 11) is 0. The summed E-state index contributed by atoms with van der Waals surface area (Å²) in [5.74, 6) is 0. The van der Waals surface area contributed by atoms with Crippen molar-refractivity contribution in [2.24, 2.45) is 0 Å². The topological polar surface area (TPSA) is 129 Å². The van der Waals surface area contributed by atoms with E-state index in [0.29, 0.717) is 19.5 Å². The van der Waals surface area contributed by atoms with E-state index in [4.69, 9.17) is 9.47 Å². The summed E-state index contributed by atoms with van der Waals surface area (Å²) in [5, 5.41) is 26.3. The second-order valence-corrected chi connectivity index (χ2v) is 12.5. The number of hydrogen-bond donors (Lipinski definition) is 3. The maximum absolute atomic E-state index is 11.9. The Bertz CT molecular complexity index is 1710. The number of carbonyl (C=O) groups excluding carboxylic acids is 1. The Morgan fingerprint density at radius 1 is 0.857 bits per heavy atom. The monoisotopic (exact) mass is 665 g/mol. The first-order valence-corrected chi connectivity index (χ1v) is 16.8. The average molecular weight is 666 g/mol. The van der Waals surface area contributed by atoms with Gasteiger partial charge in [0.2, 0.25) is 0 Å². The van der Waals surface area contributed by atoms with Gasteiger partial charge >= 0.3 is 6.03 Å². The van der Waals surface area contributed by atoms with Crippen LogP contribution in [0.3, 0.4) is 0 Å². The van der Waals surface area contributed by atoms with Gasteiger partial charge in [-0.05, 0) is 59.0 Å². The van der Waals surface area contributed by atoms with Crippen LogP contribution in [0.4, 0.5) is 16.2 Å². The number of nitro benzene ring substituents is 1. The van der Waals surface area contributed by atoms with Gasteiger partial charge in [0.25, 0.3) is 5.69 Å². The van der Waals surface area contributed by atoms with Gasteiger partial charge in [-0.2, -0.15) is 0 Å². The van der Waals surface area contributed by atoms with Crippen molar-refractivity contribution in [3.63, 3.8) is 0 Å². The fourth-order valence-electron chi connectivity index (χ4n) is 6.43. The van der Waals surface area contributed by atoms with E-state index in [0.717, 1.165) is 71.8 Å². The molecule has 11 nitrogen and oxygen atoms in total. The number of benzene rings is 4. The minimum atomic E-state index is -0.579. The van der Waals surface area contributed by atoms with Gasteiger partial charge < -0.3 is 30.1 Å². The molecule has 2 amide bonds. The van der Waals surface area contributed by atoms with Crippen LogP contribution in [0.2, 0.25) is 0 Å². The molecule has 0 saturated carbocycles. The van der Waals surface area contributed by atoms with Gasteiger partial charge in [0.05, 0.1) is 23.7 Å². The molecular weight excluding hydrogens is 622 g/mol. The average Bonchev–Trinajstić information content (AvgIpc) is 3.14. The van der Waals surface area contributed by atoms with Gasteiger partial charge in [-0.1, -0.05) is 60.7 Å². The first-order chi connectivity index (χ1) is 23.9. The molecule has 256 valence electrons. The van der Waals surface area contributed by atoms with Crippen LogP contribution in [0.25, 0.3) is 11.1 Å². The zero-order valence-corrected chi connectivity index (χ0v) is 27.7. The van der Waals surface area contributed by atoms with Crippen LogP contribution < -0.4 is 15.5 Å². The van der Waals surface area contributed by atoms with Crippen molar-refractivity contribution in [1.29, 1.82) is 0 Å². The molecule has 4 aromatic carbocycles. The second kappa shape index (κ2) is 16.1. The summed E-state index contributed by atoms with van der Waals surface area (Å²) >= 11 is 0. The van der Waals surface area contributed by atoms with Gasteiger partial charge in [0, 0.05) is 75.6 Å². The van der Waals surface area contributed by atoms with Crippen LogP contribution in [-0.4, -0.2) is 66.3 Å². The fourth-order valence-corrected chi connectivity index (χ4v) is 6.43. The Kier molecular flexibility index (Phi) is 11.2. The maximum atomic E-state index is 11.9. The summed E-state index contributed by atoms with van der Waals surface area (Å²) in [5.41, 5.74) is 6.96. The number of piperazine rings is 1. The SMILES string of the molecule is CCNC(=O)NCc1cccc(-c2cccc([C@@H]3O[C@H](CN4CCN(c5ccc([N+](=O)[O-])cc5)CC4)C[C@H](c4ccc(CO)cc4)O3)c2)c1. The van der Waals surface area contributed by atoms with Crippen LogP contribution in [0.5, 0.6) is 0 Å². The lowest BCUT2D eigenvalue weighted by atomic mass is 9.98. The number of non-ortho nitro benzene ring substituents is 1. The Morgan fingerprint density at radius 3 is 2.27 bits per heavy atom. The number of rotatable bonds is 11. The smallest absolute Gasteiger partial charge is 0.315 e. The number of amides is 2. The van der Waals surface area contributed by atoms with Crippen molar-refractivity contribution < 1.29 is 24.3 Å². The first kappa shape index (κ1) is 34.1. The molecule has 0 unspecified atom stereocenters. The van der Waals surface area contributed by atoms with E-state index in [9.17, 15) is 20.0 Å². The number of anilines is 1. The number of urea groups is 1. The van der Waals surface area contributed by atoms with Gasteiger partial charge in [-0.3, -0.25) is 15.0 Å². The standard InChI is InChI=1S/C38H43N5O6/c1-2-39-38(45)40-24-28-5-3-6-30(21-28)31-7-4-8-32(22-31)37-48-35(23-36(49-37)29-11-9-27(26-44)10-12-29)25-41-17-19-42(20-18-41)33-13-15-34(16-14-33)43(46)47/h3-16,21-22,35-37,44H,2,17-20,23-26H2,1H3,(H2,39,40,45)/t35-,36+,37+/m0/s1. The highest BCUT2D eigenvalue weighted by Gasteiger charge is 2.34. The maximum Gasteiger partial charge on any atom is 0.315 e. The molecule has 2 fully saturated rings. The third kappa shape index (κ3) is 8.81. The van der Waals surface area contributed by atoms with Crippen molar-refractivity contribution in [3.05, 3.63) is 129 Å². The molecule has 3 N–H and O–H groups in total. The lowest BCUT2D eigenvalue weighted by Crippen LogP contribution is -2.49. The molecule has 0 spiro atoms. The molecular formula is C38H43N5O6. The quantitative estimate of drug-likeness (QED) is 0.133. The largest absolute Gasteiger partial charge is 0.392 e. The highest BCUT2D eigenvalue weighted by Crippen LogP contribution is 2.39. The molecule has 2 saturated heterocycles. The Morgan fingerprint density at radius 2 is 1.57 bits per heavy atom. The van der Waals surface area contributed by atoms with Gasteiger partial charge in [0.15, 0.2) is 6.29 Å². The van der Waals surface area contributed by atoms with Gasteiger partial charge in [-0.15, -0.1) is 0 Å². The van der Waals surface area contributed by atoms with Crippen LogP contribution in [0.15, 0.2) is 97.1 Å². The van der Waals surface area contributed by atoms with Crippen molar-refractivity contribution in [2.45, 2.75) is 45.0 Å². The molecule has 2 aliphatic rings. The van der Waals surface area contributed by atoms with Crippen molar-refractivity contribution in [1.82, 2.24) is 15.5 Å². The minimum Gasteiger partial charge on any atom is -0.392 e. The molecule has 0 radical (unpaired) electrons. The van der Waals surface area contributed by atoms with E-state index >= 15 is 0 Å². The number of nitrogens with one attached hydrogen (secondary N) is 2. The number of carbonyl (C=O) groups is 1. The highest BCUT2D eigenvalue weighted by atomic mass is 16.7. The Labute approximate surface area is 286 Å². The van der Waals surface area contributed by atoms with E-state index in [1.54, 1.807) is 12.1 Å². The molecule has 0 bridgehead atoms. The molecule has 2 aliphatic heterocycles. The number of ether oxygens (including phenoxy) is 2. The molecule has 6 rings (SSSR count). The molecule has 4 aromatic rings. The first-order valence-electron chi connectivity index (χ1n) is 16.8. The summed E-state index contributed by atoms with van der Waals surface area (Å²) in [6.07, 6.45) is -0.160. The Hall–Kier alpha value is -4.81. The van der Waals surface area contributed by atoms with Crippen molar-refractivity contribution >= 4 is 17.4 Å². The number of nitrogens with zero attached hydrogens (tertiary/aromatic N) is 3. The third-order valence-electron chi connectivity index (χ3n) is 9.08. The summed E-state index contributed by atoms with van der Waals surface area (Å²) < 4.78 is 13.3. The third-order valence-corrected chi connectivity index (χ3v) is 9.08. The predicted molar refractivity (Wildman–Crippen MR) is 188 cm³/mol. The number of aliphatic hydroxyl groups excluding tert-OH is 1. The summed E-state index contributed by atoms with van der Waals surface area (Å²) in [6.45, 7) is 6.94. The van der Waals surface area contributed by atoms with Gasteiger partial charge in [0.1, 0.15) is 0 Å². The van der Waals surface area contributed by atoms with Crippen LogP contribution in [0, 0.1) is 10.1 Å². The number of nitro groups is 1. The molecule has 49 heavy (non-hydrogen) atoms. The number of hydrogen-bond acceptors (Lipinski definition) is 8. The lowest BCUT2D eigenvalue weighted by molar-refractivity contribution is -0.384. The van der Waals surface area contributed by atoms with Crippen LogP contribution >= 0.6 is 0 Å². The van der Waals surface area contributed by atoms with E-state index in [-0.39, 0.29) is 35.5 Å².